The predicted octanol–water partition coefficient (Wildman–Crippen LogP) is 0.608. The van der Waals surface area contributed by atoms with Crippen molar-refractivity contribution < 1.29 is 4.79 Å². The van der Waals surface area contributed by atoms with Crippen LogP contribution in [0.1, 0.15) is 12.5 Å². The van der Waals surface area contributed by atoms with Crippen LogP contribution in [0.5, 0.6) is 0 Å². The second kappa shape index (κ2) is 4.59. The Kier molecular flexibility index (Phi) is 3.42. The minimum atomic E-state index is -0.0714. The fourth-order valence-electron chi connectivity index (χ4n) is 1.08. The van der Waals surface area contributed by atoms with E-state index in [9.17, 15) is 4.79 Å². The Morgan fingerprint density at radius 3 is 2.92 bits per heavy atom. The molecule has 0 aliphatic carbocycles. The predicted molar refractivity (Wildman–Crippen MR) is 51.8 cm³/mol. The first-order chi connectivity index (χ1) is 6.22. The van der Waals surface area contributed by atoms with Crippen LogP contribution in [-0.4, -0.2) is 5.91 Å². The standard InChI is InChI=1S/C9H13N3O/c1-7(13)12-9-4-2-3-8(5-9)6-11-10/h2-5,11H,6,10H2,1H3,(H,12,13). The van der Waals surface area contributed by atoms with Gasteiger partial charge in [0.2, 0.25) is 5.91 Å². The lowest BCUT2D eigenvalue weighted by atomic mass is 10.2. The van der Waals surface area contributed by atoms with Gasteiger partial charge in [0.05, 0.1) is 0 Å². The van der Waals surface area contributed by atoms with Crippen LogP contribution < -0.4 is 16.6 Å². The average molecular weight is 179 g/mol. The van der Waals surface area contributed by atoms with Crippen LogP contribution in [0.3, 0.4) is 0 Å². The highest BCUT2D eigenvalue weighted by Crippen LogP contribution is 2.09. The van der Waals surface area contributed by atoms with Gasteiger partial charge in [-0.1, -0.05) is 12.1 Å². The van der Waals surface area contributed by atoms with Gasteiger partial charge in [-0.3, -0.25) is 16.1 Å². The lowest BCUT2D eigenvalue weighted by molar-refractivity contribution is -0.114. The third-order valence-corrected chi connectivity index (χ3v) is 1.55. The van der Waals surface area contributed by atoms with E-state index >= 15 is 0 Å². The molecule has 1 aromatic carbocycles. The summed E-state index contributed by atoms with van der Waals surface area (Å²) in [4.78, 5) is 10.7. The minimum Gasteiger partial charge on any atom is -0.326 e. The zero-order valence-corrected chi connectivity index (χ0v) is 7.50. The van der Waals surface area contributed by atoms with Crippen molar-refractivity contribution in [2.45, 2.75) is 13.5 Å². The van der Waals surface area contributed by atoms with Crippen LogP contribution in [0.25, 0.3) is 0 Å². The maximum Gasteiger partial charge on any atom is 0.221 e. The van der Waals surface area contributed by atoms with E-state index in [1.807, 2.05) is 24.3 Å². The van der Waals surface area contributed by atoms with Gasteiger partial charge in [-0.2, -0.15) is 0 Å². The molecule has 1 aromatic rings. The van der Waals surface area contributed by atoms with Crippen LogP contribution in [0, 0.1) is 0 Å². The lowest BCUT2D eigenvalue weighted by Gasteiger charge is -2.04. The Labute approximate surface area is 77.1 Å². The number of hydrazine groups is 1. The molecule has 4 heteroatoms. The van der Waals surface area contributed by atoms with E-state index in [4.69, 9.17) is 5.84 Å². The fourth-order valence-corrected chi connectivity index (χ4v) is 1.08. The maximum atomic E-state index is 10.7. The van der Waals surface area contributed by atoms with Crippen molar-refractivity contribution in [2.24, 2.45) is 5.84 Å². The molecule has 0 aliphatic heterocycles. The summed E-state index contributed by atoms with van der Waals surface area (Å²) in [5.41, 5.74) is 4.38. The van der Waals surface area contributed by atoms with Gasteiger partial charge in [-0.15, -0.1) is 0 Å². The quantitative estimate of drug-likeness (QED) is 0.470. The molecule has 0 saturated heterocycles. The first-order valence-corrected chi connectivity index (χ1v) is 4.02. The van der Waals surface area contributed by atoms with Crippen molar-refractivity contribution >= 4 is 11.6 Å². The summed E-state index contributed by atoms with van der Waals surface area (Å²) in [7, 11) is 0. The molecule has 0 atom stereocenters. The first-order valence-electron chi connectivity index (χ1n) is 4.02. The number of hydrogen-bond acceptors (Lipinski definition) is 3. The van der Waals surface area contributed by atoms with Crippen molar-refractivity contribution in [3.63, 3.8) is 0 Å². The summed E-state index contributed by atoms with van der Waals surface area (Å²) in [6.07, 6.45) is 0. The molecular weight excluding hydrogens is 166 g/mol. The molecule has 4 nitrogen and oxygen atoms in total. The van der Waals surface area contributed by atoms with E-state index in [2.05, 4.69) is 10.7 Å². The normalized spacial score (nSPS) is 9.69. The zero-order chi connectivity index (χ0) is 9.68. The largest absolute Gasteiger partial charge is 0.326 e. The first kappa shape index (κ1) is 9.70. The van der Waals surface area contributed by atoms with E-state index in [1.165, 1.54) is 6.92 Å². The van der Waals surface area contributed by atoms with Crippen molar-refractivity contribution in [1.82, 2.24) is 5.43 Å². The third kappa shape index (κ3) is 3.23. The summed E-state index contributed by atoms with van der Waals surface area (Å²) in [5.74, 6) is 5.10. The number of carbonyl (C=O) groups is 1. The second-order valence-electron chi connectivity index (χ2n) is 2.76. The Hall–Kier alpha value is -1.39. The van der Waals surface area contributed by atoms with E-state index in [0.29, 0.717) is 6.54 Å². The Morgan fingerprint density at radius 2 is 2.31 bits per heavy atom. The van der Waals surface area contributed by atoms with Gasteiger partial charge in [-0.25, -0.2) is 0 Å². The molecule has 0 aromatic heterocycles. The molecular formula is C9H13N3O. The number of rotatable bonds is 3. The van der Waals surface area contributed by atoms with E-state index in [-0.39, 0.29) is 5.91 Å². The molecule has 0 bridgehead atoms. The SMILES string of the molecule is CC(=O)Nc1cccc(CNN)c1. The van der Waals surface area contributed by atoms with E-state index < -0.39 is 0 Å². The van der Waals surface area contributed by atoms with Crippen molar-refractivity contribution in [1.29, 1.82) is 0 Å². The van der Waals surface area contributed by atoms with Crippen LogP contribution in [0.2, 0.25) is 0 Å². The molecule has 0 heterocycles. The summed E-state index contributed by atoms with van der Waals surface area (Å²) in [6.45, 7) is 2.07. The molecule has 0 aliphatic rings. The highest BCUT2D eigenvalue weighted by Gasteiger charge is 1.96. The number of nitrogens with two attached hydrogens (primary N) is 1. The Morgan fingerprint density at radius 1 is 1.54 bits per heavy atom. The summed E-state index contributed by atoms with van der Waals surface area (Å²) < 4.78 is 0. The fraction of sp³-hybridized carbons (Fsp3) is 0.222. The van der Waals surface area contributed by atoms with Gasteiger partial charge in [0.15, 0.2) is 0 Å². The monoisotopic (exact) mass is 179 g/mol. The second-order valence-corrected chi connectivity index (χ2v) is 2.76. The molecule has 1 amide bonds. The Balaban J connectivity index is 2.73. The van der Waals surface area contributed by atoms with Gasteiger partial charge in [0.1, 0.15) is 0 Å². The Bertz CT molecular complexity index is 299. The van der Waals surface area contributed by atoms with Gasteiger partial charge in [-0.05, 0) is 17.7 Å². The highest BCUT2D eigenvalue weighted by atomic mass is 16.1. The number of nitrogens with one attached hydrogen (secondary N) is 2. The highest BCUT2D eigenvalue weighted by molar-refractivity contribution is 5.88. The van der Waals surface area contributed by atoms with Crippen LogP contribution >= 0.6 is 0 Å². The molecule has 1 rings (SSSR count). The number of hydrogen-bond donors (Lipinski definition) is 3. The maximum absolute atomic E-state index is 10.7. The molecule has 70 valence electrons. The smallest absolute Gasteiger partial charge is 0.221 e. The van der Waals surface area contributed by atoms with Gasteiger partial charge >= 0.3 is 0 Å². The van der Waals surface area contributed by atoms with Crippen molar-refractivity contribution in [3.8, 4) is 0 Å². The summed E-state index contributed by atoms with van der Waals surface area (Å²) >= 11 is 0. The molecule has 4 N–H and O–H groups in total. The number of carbonyl (C=O) groups excluding carboxylic acids is 1. The molecule has 13 heavy (non-hydrogen) atoms. The minimum absolute atomic E-state index is 0.0714. The van der Waals surface area contributed by atoms with Crippen molar-refractivity contribution in [3.05, 3.63) is 29.8 Å². The topological polar surface area (TPSA) is 67.2 Å². The molecule has 0 unspecified atom stereocenters. The van der Waals surface area contributed by atoms with Crippen molar-refractivity contribution in [2.75, 3.05) is 5.32 Å². The van der Waals surface area contributed by atoms with Crippen LogP contribution in [0.15, 0.2) is 24.3 Å². The van der Waals surface area contributed by atoms with Gasteiger partial charge in [0, 0.05) is 19.2 Å². The van der Waals surface area contributed by atoms with E-state index in [1.54, 1.807) is 0 Å². The van der Waals surface area contributed by atoms with Crippen LogP contribution in [-0.2, 0) is 11.3 Å². The zero-order valence-electron chi connectivity index (χ0n) is 7.50. The number of anilines is 1. The third-order valence-electron chi connectivity index (χ3n) is 1.55. The average Bonchev–Trinajstić information content (AvgIpc) is 2.04. The van der Waals surface area contributed by atoms with E-state index in [0.717, 1.165) is 11.3 Å². The summed E-state index contributed by atoms with van der Waals surface area (Å²) in [5, 5.41) is 2.70. The number of benzene rings is 1. The van der Waals surface area contributed by atoms with Crippen LogP contribution in [0.4, 0.5) is 5.69 Å². The molecule has 0 radical (unpaired) electrons. The lowest BCUT2D eigenvalue weighted by Crippen LogP contribution is -2.20. The molecule has 0 saturated carbocycles. The molecule has 0 spiro atoms. The summed E-state index contributed by atoms with van der Waals surface area (Å²) in [6, 6.07) is 7.52. The van der Waals surface area contributed by atoms with Gasteiger partial charge < -0.3 is 5.32 Å². The number of amides is 1. The van der Waals surface area contributed by atoms with Gasteiger partial charge in [0.25, 0.3) is 0 Å². The molecule has 0 fully saturated rings.